The minimum absolute atomic E-state index is 0.0552. The summed E-state index contributed by atoms with van der Waals surface area (Å²) in [5, 5.41) is 13.3. The molecule has 0 spiro atoms. The Morgan fingerprint density at radius 1 is 1.10 bits per heavy atom. The Morgan fingerprint density at radius 3 is 2.42 bits per heavy atom. The van der Waals surface area contributed by atoms with Gasteiger partial charge in [-0.25, -0.2) is 9.18 Å². The third-order valence-corrected chi connectivity index (χ3v) is 7.73. The van der Waals surface area contributed by atoms with E-state index in [1.54, 1.807) is 12.1 Å². The first-order chi connectivity index (χ1) is 18.9. The molecule has 0 bridgehead atoms. The minimum atomic E-state index is -5.08. The number of carbonyl (C=O) groups excluding carboxylic acids is 2. The fraction of sp³-hybridized carbons (Fsp3) is 0.296. The van der Waals surface area contributed by atoms with Crippen LogP contribution in [0.5, 0.6) is 0 Å². The van der Waals surface area contributed by atoms with Crippen LogP contribution in [0.15, 0.2) is 54.6 Å². The van der Waals surface area contributed by atoms with Crippen LogP contribution in [0, 0.1) is 5.82 Å². The molecule has 0 radical (unpaired) electrons. The van der Waals surface area contributed by atoms with Gasteiger partial charge in [-0.15, -0.1) is 11.3 Å². The average Bonchev–Trinajstić information content (AvgIpc) is 3.56. The van der Waals surface area contributed by atoms with Crippen molar-refractivity contribution in [3.05, 3.63) is 81.3 Å². The predicted molar refractivity (Wildman–Crippen MR) is 141 cm³/mol. The van der Waals surface area contributed by atoms with Gasteiger partial charge in [0.25, 0.3) is 5.91 Å². The lowest BCUT2D eigenvalue weighted by atomic mass is 10.1. The number of rotatable bonds is 6. The Morgan fingerprint density at radius 2 is 1.77 bits per heavy atom. The molecule has 3 aromatic rings. The molecule has 8 nitrogen and oxygen atoms in total. The van der Waals surface area contributed by atoms with Gasteiger partial charge >= 0.3 is 12.1 Å². The number of carboxylic acid groups (broad SMARTS) is 1. The highest BCUT2D eigenvalue weighted by molar-refractivity contribution is 7.14. The molecule has 212 valence electrons. The number of carbonyl (C=O) groups is 3. The van der Waals surface area contributed by atoms with Gasteiger partial charge in [0.05, 0.1) is 22.8 Å². The fourth-order valence-electron chi connectivity index (χ4n) is 4.28. The number of nitrogen functional groups attached to an aromatic ring is 1. The lowest BCUT2D eigenvalue weighted by Crippen LogP contribution is -2.41. The molecule has 2 unspecified atom stereocenters. The Bertz CT molecular complexity index is 1390. The highest BCUT2D eigenvalue weighted by atomic mass is 32.1. The SMILES string of the molecule is Nc1ccccc1NC(=O)c1cc2c(s1)CCN(C(=O)CNC1CC1c1ccc(F)cc1)C2.O=C(O)C(F)(F)F. The zero-order valence-corrected chi connectivity index (χ0v) is 21.8. The summed E-state index contributed by atoms with van der Waals surface area (Å²) in [7, 11) is 0. The number of hydrogen-bond acceptors (Lipinski definition) is 6. The molecule has 2 aromatic carbocycles. The van der Waals surface area contributed by atoms with Gasteiger partial charge in [0.15, 0.2) is 0 Å². The summed E-state index contributed by atoms with van der Waals surface area (Å²) in [4.78, 5) is 38.0. The zero-order chi connectivity index (χ0) is 29.0. The molecule has 2 heterocycles. The van der Waals surface area contributed by atoms with Crippen LogP contribution in [-0.2, 0) is 22.6 Å². The van der Waals surface area contributed by atoms with Crippen LogP contribution in [0.3, 0.4) is 0 Å². The van der Waals surface area contributed by atoms with Crippen molar-refractivity contribution < 1.29 is 37.1 Å². The van der Waals surface area contributed by atoms with E-state index in [1.807, 2.05) is 35.2 Å². The average molecular weight is 579 g/mol. The van der Waals surface area contributed by atoms with E-state index < -0.39 is 12.1 Å². The van der Waals surface area contributed by atoms with Gasteiger partial charge in [-0.2, -0.15) is 13.2 Å². The standard InChI is InChI=1S/C25H25FN4O2S.C2HF3O2/c26-17-7-5-15(6-8-17)18-12-21(18)28-13-24(31)30-10-9-22-16(14-30)11-23(33-22)25(32)29-20-4-2-1-3-19(20)27;3-2(4,5)1(6)7/h1-8,11,18,21,28H,9-10,12-14,27H2,(H,29,32);(H,6,7). The number of thiophene rings is 1. The number of aliphatic carboxylic acids is 1. The predicted octanol–water partition coefficient (Wildman–Crippen LogP) is 4.39. The van der Waals surface area contributed by atoms with Gasteiger partial charge in [-0.05, 0) is 54.3 Å². The second kappa shape index (κ2) is 12.0. The van der Waals surface area contributed by atoms with E-state index in [1.165, 1.54) is 23.5 Å². The second-order valence-corrected chi connectivity index (χ2v) is 10.5. The number of hydrogen-bond donors (Lipinski definition) is 4. The van der Waals surface area contributed by atoms with Crippen LogP contribution in [0.1, 0.15) is 38.0 Å². The molecule has 40 heavy (non-hydrogen) atoms. The summed E-state index contributed by atoms with van der Waals surface area (Å²) in [6, 6.07) is 15.9. The summed E-state index contributed by atoms with van der Waals surface area (Å²) in [5.41, 5.74) is 9.17. The Kier molecular flexibility index (Phi) is 8.74. The van der Waals surface area contributed by atoms with Crippen LogP contribution in [-0.4, -0.2) is 53.1 Å². The van der Waals surface area contributed by atoms with E-state index in [0.29, 0.717) is 35.3 Å². The first-order valence-corrected chi connectivity index (χ1v) is 13.1. The third kappa shape index (κ3) is 7.36. The number of nitrogens with one attached hydrogen (secondary N) is 2. The molecule has 0 saturated heterocycles. The van der Waals surface area contributed by atoms with Crippen molar-refractivity contribution in [2.24, 2.45) is 0 Å². The molecule has 1 aliphatic heterocycles. The monoisotopic (exact) mass is 578 g/mol. The van der Waals surface area contributed by atoms with Crippen molar-refractivity contribution in [2.75, 3.05) is 24.1 Å². The van der Waals surface area contributed by atoms with Crippen molar-refractivity contribution >= 4 is 40.5 Å². The lowest BCUT2D eigenvalue weighted by Gasteiger charge is -2.27. The van der Waals surface area contributed by atoms with Crippen molar-refractivity contribution in [3.8, 4) is 0 Å². The molecule has 2 amide bonds. The van der Waals surface area contributed by atoms with Crippen LogP contribution in [0.4, 0.5) is 28.9 Å². The topological polar surface area (TPSA) is 125 Å². The molecule has 2 aliphatic rings. The molecule has 5 N–H and O–H groups in total. The molecule has 5 rings (SSSR count). The van der Waals surface area contributed by atoms with E-state index >= 15 is 0 Å². The number of nitrogens with zero attached hydrogens (tertiary/aromatic N) is 1. The van der Waals surface area contributed by atoms with E-state index in [4.69, 9.17) is 15.6 Å². The van der Waals surface area contributed by atoms with Crippen molar-refractivity contribution in [1.82, 2.24) is 10.2 Å². The maximum absolute atomic E-state index is 13.1. The van der Waals surface area contributed by atoms with Gasteiger partial charge in [0, 0.05) is 29.9 Å². The van der Waals surface area contributed by atoms with Crippen LogP contribution in [0.25, 0.3) is 0 Å². The normalized spacial score (nSPS) is 17.8. The molecule has 1 aromatic heterocycles. The van der Waals surface area contributed by atoms with Gasteiger partial charge in [-0.1, -0.05) is 24.3 Å². The maximum Gasteiger partial charge on any atom is 0.490 e. The minimum Gasteiger partial charge on any atom is -0.475 e. The van der Waals surface area contributed by atoms with E-state index in [0.717, 1.165) is 28.8 Å². The number of anilines is 2. The molecular weight excluding hydrogens is 552 g/mol. The number of halogens is 4. The smallest absolute Gasteiger partial charge is 0.475 e. The second-order valence-electron chi connectivity index (χ2n) is 9.35. The van der Waals surface area contributed by atoms with Crippen molar-refractivity contribution in [2.45, 2.75) is 37.5 Å². The summed E-state index contributed by atoms with van der Waals surface area (Å²) in [6.45, 7) is 1.44. The molecule has 1 aliphatic carbocycles. The number of alkyl halides is 3. The van der Waals surface area contributed by atoms with E-state index in [9.17, 15) is 27.2 Å². The Labute approximate surface area is 230 Å². The maximum atomic E-state index is 13.1. The molecule has 13 heteroatoms. The van der Waals surface area contributed by atoms with Gasteiger partial charge < -0.3 is 26.4 Å². The number of fused-ring (bicyclic) bond motifs is 1. The Balaban J connectivity index is 0.000000470. The fourth-order valence-corrected chi connectivity index (χ4v) is 5.34. The summed E-state index contributed by atoms with van der Waals surface area (Å²) in [5.74, 6) is -2.79. The van der Waals surface area contributed by atoms with E-state index in [-0.39, 0.29) is 30.2 Å². The number of nitrogens with two attached hydrogens (primary N) is 1. The molecule has 1 fully saturated rings. The van der Waals surface area contributed by atoms with Crippen molar-refractivity contribution in [1.29, 1.82) is 0 Å². The van der Waals surface area contributed by atoms with Gasteiger partial charge in [0.1, 0.15) is 5.82 Å². The molecule has 1 saturated carbocycles. The summed E-state index contributed by atoms with van der Waals surface area (Å²) < 4.78 is 44.8. The first kappa shape index (κ1) is 29.0. The van der Waals surface area contributed by atoms with Crippen LogP contribution >= 0.6 is 11.3 Å². The van der Waals surface area contributed by atoms with Crippen LogP contribution < -0.4 is 16.4 Å². The van der Waals surface area contributed by atoms with Crippen molar-refractivity contribution in [3.63, 3.8) is 0 Å². The van der Waals surface area contributed by atoms with Gasteiger partial charge in [-0.3, -0.25) is 9.59 Å². The first-order valence-electron chi connectivity index (χ1n) is 12.3. The largest absolute Gasteiger partial charge is 0.490 e. The lowest BCUT2D eigenvalue weighted by molar-refractivity contribution is -0.192. The zero-order valence-electron chi connectivity index (χ0n) is 21.0. The van der Waals surface area contributed by atoms with Gasteiger partial charge in [0.2, 0.25) is 5.91 Å². The number of amides is 2. The number of para-hydroxylation sites is 2. The molecular formula is C27H26F4N4O4S. The summed E-state index contributed by atoms with van der Waals surface area (Å²) >= 11 is 1.48. The highest BCUT2D eigenvalue weighted by Crippen LogP contribution is 2.40. The quantitative estimate of drug-likeness (QED) is 0.254. The van der Waals surface area contributed by atoms with E-state index in [2.05, 4.69) is 10.6 Å². The summed E-state index contributed by atoms with van der Waals surface area (Å²) in [6.07, 6.45) is -3.38. The Hall–Kier alpha value is -3.97. The molecule has 2 atom stereocenters. The number of carboxylic acids is 1. The van der Waals surface area contributed by atoms with Crippen LogP contribution in [0.2, 0.25) is 0 Å². The third-order valence-electron chi connectivity index (χ3n) is 6.50. The highest BCUT2D eigenvalue weighted by Gasteiger charge is 2.39. The number of benzene rings is 2.